The lowest BCUT2D eigenvalue weighted by atomic mass is 10.1. The molecule has 1 saturated heterocycles. The highest BCUT2D eigenvalue weighted by atomic mass is 16.2. The molecule has 1 fully saturated rings. The van der Waals surface area contributed by atoms with Crippen molar-refractivity contribution < 1.29 is 9.59 Å². The summed E-state index contributed by atoms with van der Waals surface area (Å²) in [6.45, 7) is 3.96. The van der Waals surface area contributed by atoms with Crippen LogP contribution in [0.3, 0.4) is 0 Å². The second kappa shape index (κ2) is 5.96. The molecule has 1 aliphatic rings. The Morgan fingerprint density at radius 2 is 2.00 bits per heavy atom. The van der Waals surface area contributed by atoms with Gasteiger partial charge in [0.2, 0.25) is 5.91 Å². The van der Waals surface area contributed by atoms with Crippen LogP contribution in [0.1, 0.15) is 16.2 Å². The zero-order valence-corrected chi connectivity index (χ0v) is 11.7. The second-order valence-electron chi connectivity index (χ2n) is 5.16. The summed E-state index contributed by atoms with van der Waals surface area (Å²) in [5, 5.41) is 0. The van der Waals surface area contributed by atoms with Gasteiger partial charge in [0.1, 0.15) is 5.69 Å². The molecule has 0 spiro atoms. The largest absolute Gasteiger partial charge is 0.369 e. The van der Waals surface area contributed by atoms with Crippen molar-refractivity contribution in [3.8, 4) is 0 Å². The van der Waals surface area contributed by atoms with E-state index in [-0.39, 0.29) is 17.7 Å². The quantitative estimate of drug-likeness (QED) is 0.769. The zero-order chi connectivity index (χ0) is 14.7. The van der Waals surface area contributed by atoms with Gasteiger partial charge in [0.05, 0.1) is 17.8 Å². The van der Waals surface area contributed by atoms with Crippen LogP contribution in [0.15, 0.2) is 12.4 Å². The molecule has 1 aromatic heterocycles. The molecular weight excluding hydrogens is 258 g/mol. The van der Waals surface area contributed by atoms with E-state index in [0.717, 1.165) is 5.69 Å². The first-order valence-corrected chi connectivity index (χ1v) is 6.53. The maximum absolute atomic E-state index is 12.4. The highest BCUT2D eigenvalue weighted by molar-refractivity contribution is 5.92. The number of primary amides is 1. The molecule has 2 heterocycles. The van der Waals surface area contributed by atoms with Crippen LogP contribution >= 0.6 is 0 Å². The fraction of sp³-hybridized carbons (Fsp3) is 0.538. The van der Waals surface area contributed by atoms with Crippen LogP contribution in [0.2, 0.25) is 0 Å². The molecule has 0 radical (unpaired) electrons. The molecule has 0 aromatic carbocycles. The average Bonchev–Trinajstić information content (AvgIpc) is 2.61. The van der Waals surface area contributed by atoms with E-state index in [1.165, 1.54) is 6.20 Å². The molecule has 2 rings (SSSR count). The van der Waals surface area contributed by atoms with Gasteiger partial charge in [0, 0.05) is 32.4 Å². The number of likely N-dealkylation sites (N-methyl/N-ethyl adjacent to an activating group) is 1. The summed E-state index contributed by atoms with van der Waals surface area (Å²) in [4.78, 5) is 35.6. The number of carbonyl (C=O) groups excluding carboxylic acids is 2. The van der Waals surface area contributed by atoms with Crippen molar-refractivity contribution in [2.75, 3.05) is 33.2 Å². The first-order valence-electron chi connectivity index (χ1n) is 6.53. The molecule has 2 amide bonds. The van der Waals surface area contributed by atoms with Gasteiger partial charge in [-0.3, -0.25) is 14.6 Å². The van der Waals surface area contributed by atoms with Crippen molar-refractivity contribution >= 4 is 11.8 Å². The molecule has 2 N–H and O–H groups in total. The minimum atomic E-state index is -0.383. The molecule has 1 aromatic rings. The summed E-state index contributed by atoms with van der Waals surface area (Å²) in [6, 6.07) is 0. The normalized spacial score (nSPS) is 20.5. The van der Waals surface area contributed by atoms with E-state index in [9.17, 15) is 9.59 Å². The Labute approximate surface area is 117 Å². The summed E-state index contributed by atoms with van der Waals surface area (Å²) < 4.78 is 0. The van der Waals surface area contributed by atoms with E-state index in [4.69, 9.17) is 5.73 Å². The zero-order valence-electron chi connectivity index (χ0n) is 11.7. The number of hydrogen-bond acceptors (Lipinski definition) is 5. The predicted octanol–water partition coefficient (Wildman–Crippen LogP) is -0.726. The Kier molecular flexibility index (Phi) is 4.29. The number of nitrogens with zero attached hydrogens (tertiary/aromatic N) is 4. The fourth-order valence-corrected chi connectivity index (χ4v) is 2.20. The lowest BCUT2D eigenvalue weighted by Crippen LogP contribution is -2.40. The number of hydrogen-bond donors (Lipinski definition) is 1. The predicted molar refractivity (Wildman–Crippen MR) is 72.9 cm³/mol. The lowest BCUT2D eigenvalue weighted by molar-refractivity contribution is -0.122. The smallest absolute Gasteiger partial charge is 0.274 e. The Bertz CT molecular complexity index is 502. The van der Waals surface area contributed by atoms with Crippen molar-refractivity contribution in [1.82, 2.24) is 19.8 Å². The summed E-state index contributed by atoms with van der Waals surface area (Å²) in [7, 11) is 1.91. The maximum atomic E-state index is 12.4. The molecule has 1 aliphatic heterocycles. The molecule has 0 bridgehead atoms. The summed E-state index contributed by atoms with van der Waals surface area (Å²) in [5.74, 6) is -0.949. The van der Waals surface area contributed by atoms with E-state index >= 15 is 0 Å². The van der Waals surface area contributed by atoms with E-state index in [1.54, 1.807) is 11.1 Å². The van der Waals surface area contributed by atoms with Crippen molar-refractivity contribution in [1.29, 1.82) is 0 Å². The lowest BCUT2D eigenvalue weighted by Gasteiger charge is -2.22. The summed E-state index contributed by atoms with van der Waals surface area (Å²) in [5.41, 5.74) is 6.44. The second-order valence-corrected chi connectivity index (χ2v) is 5.16. The Hall–Kier alpha value is -2.02. The minimum Gasteiger partial charge on any atom is -0.369 e. The first-order chi connectivity index (χ1) is 9.47. The highest BCUT2D eigenvalue weighted by Gasteiger charge is 2.28. The number of amides is 2. The van der Waals surface area contributed by atoms with Crippen molar-refractivity contribution in [2.24, 2.45) is 11.7 Å². The van der Waals surface area contributed by atoms with Crippen molar-refractivity contribution in [3.05, 3.63) is 23.8 Å². The van der Waals surface area contributed by atoms with Crippen molar-refractivity contribution in [3.63, 3.8) is 0 Å². The number of carbonyl (C=O) groups is 2. The third-order valence-electron chi connectivity index (χ3n) is 3.41. The van der Waals surface area contributed by atoms with Gasteiger partial charge in [-0.1, -0.05) is 0 Å². The number of aromatic nitrogens is 2. The Morgan fingerprint density at radius 3 is 2.60 bits per heavy atom. The molecule has 7 nitrogen and oxygen atoms in total. The van der Waals surface area contributed by atoms with Crippen LogP contribution in [0.5, 0.6) is 0 Å². The Balaban J connectivity index is 2.15. The molecule has 1 unspecified atom stereocenters. The van der Waals surface area contributed by atoms with Crippen LogP contribution in [0.4, 0.5) is 0 Å². The third kappa shape index (κ3) is 3.30. The van der Waals surface area contributed by atoms with Crippen LogP contribution in [-0.4, -0.2) is 64.8 Å². The number of aryl methyl sites for hydroxylation is 1. The average molecular weight is 277 g/mol. The number of rotatable bonds is 2. The SMILES string of the molecule is Cc1cnc(C(=O)N2CCN(C)CC(C(N)=O)C2)cn1. The van der Waals surface area contributed by atoms with Gasteiger partial charge in [0.15, 0.2) is 0 Å². The molecule has 20 heavy (non-hydrogen) atoms. The first kappa shape index (κ1) is 14.4. The molecule has 7 heteroatoms. The van der Waals surface area contributed by atoms with E-state index in [0.29, 0.717) is 31.9 Å². The van der Waals surface area contributed by atoms with Crippen LogP contribution in [0.25, 0.3) is 0 Å². The van der Waals surface area contributed by atoms with Gasteiger partial charge in [-0.2, -0.15) is 0 Å². The van der Waals surface area contributed by atoms with E-state index in [1.807, 2.05) is 18.9 Å². The van der Waals surface area contributed by atoms with Crippen LogP contribution in [0, 0.1) is 12.8 Å². The third-order valence-corrected chi connectivity index (χ3v) is 3.41. The van der Waals surface area contributed by atoms with Crippen LogP contribution in [-0.2, 0) is 4.79 Å². The van der Waals surface area contributed by atoms with Crippen molar-refractivity contribution in [2.45, 2.75) is 6.92 Å². The topological polar surface area (TPSA) is 92.4 Å². The number of nitrogens with two attached hydrogens (primary N) is 1. The van der Waals surface area contributed by atoms with Crippen LogP contribution < -0.4 is 5.73 Å². The molecule has 1 atom stereocenters. The Morgan fingerprint density at radius 1 is 1.25 bits per heavy atom. The highest BCUT2D eigenvalue weighted by Crippen LogP contribution is 2.11. The van der Waals surface area contributed by atoms with Gasteiger partial charge in [0.25, 0.3) is 5.91 Å². The monoisotopic (exact) mass is 277 g/mol. The standard InChI is InChI=1S/C13H19N5O2/c1-9-5-16-11(6-15-9)13(20)18-4-3-17(2)7-10(8-18)12(14)19/h5-6,10H,3-4,7-8H2,1-2H3,(H2,14,19). The van der Waals surface area contributed by atoms with E-state index < -0.39 is 0 Å². The molecular formula is C13H19N5O2. The molecule has 0 saturated carbocycles. The summed E-state index contributed by atoms with van der Waals surface area (Å²) >= 11 is 0. The van der Waals surface area contributed by atoms with Gasteiger partial charge < -0.3 is 15.5 Å². The molecule has 108 valence electrons. The van der Waals surface area contributed by atoms with Gasteiger partial charge in [-0.05, 0) is 14.0 Å². The molecule has 0 aliphatic carbocycles. The minimum absolute atomic E-state index is 0.209. The van der Waals surface area contributed by atoms with Gasteiger partial charge >= 0.3 is 0 Å². The fourth-order valence-electron chi connectivity index (χ4n) is 2.20. The van der Waals surface area contributed by atoms with Gasteiger partial charge in [-0.15, -0.1) is 0 Å². The maximum Gasteiger partial charge on any atom is 0.274 e. The summed E-state index contributed by atoms with van der Waals surface area (Å²) in [6.07, 6.45) is 3.02. The van der Waals surface area contributed by atoms with E-state index in [2.05, 4.69) is 9.97 Å². The van der Waals surface area contributed by atoms with Gasteiger partial charge in [-0.25, -0.2) is 4.98 Å².